The third-order valence-electron chi connectivity index (χ3n) is 4.40. The van der Waals surface area contributed by atoms with Crippen LogP contribution in [0.4, 0.5) is 18.9 Å². The molecule has 0 saturated carbocycles. The summed E-state index contributed by atoms with van der Waals surface area (Å²) in [6.07, 6.45) is -3.92. The number of anilines is 1. The Hall–Kier alpha value is -2.08. The molecule has 0 spiro atoms. The van der Waals surface area contributed by atoms with Crippen LogP contribution in [0.2, 0.25) is 0 Å². The van der Waals surface area contributed by atoms with Crippen LogP contribution in [0.3, 0.4) is 0 Å². The Morgan fingerprint density at radius 3 is 2.50 bits per heavy atom. The Bertz CT molecular complexity index is 807. The van der Waals surface area contributed by atoms with Gasteiger partial charge in [0.2, 0.25) is 5.88 Å². The first kappa shape index (κ1) is 18.7. The summed E-state index contributed by atoms with van der Waals surface area (Å²) in [7, 11) is -4.12. The molecule has 0 atom stereocenters. The quantitative estimate of drug-likeness (QED) is 0.833. The lowest BCUT2D eigenvalue weighted by Gasteiger charge is -2.37. The van der Waals surface area contributed by atoms with Gasteiger partial charge in [-0.25, -0.2) is 14.1 Å². The lowest BCUT2D eigenvalue weighted by molar-refractivity contribution is -0.182. The van der Waals surface area contributed by atoms with E-state index < -0.39 is 28.3 Å². The number of aromatic carboxylic acids is 1. The predicted molar refractivity (Wildman–Crippen MR) is 83.3 cm³/mol. The highest BCUT2D eigenvalue weighted by Crippen LogP contribution is 2.37. The zero-order valence-corrected chi connectivity index (χ0v) is 14.3. The zero-order chi connectivity index (χ0) is 19.1. The molecule has 1 fully saturated rings. The van der Waals surface area contributed by atoms with Gasteiger partial charge in [0.1, 0.15) is 12.3 Å². The van der Waals surface area contributed by atoms with E-state index in [4.69, 9.17) is 9.84 Å². The molecule has 1 aromatic heterocycles. The standard InChI is InChI=1S/C14H16F3N3O5S/c15-14(16,17)10-1-3-19(4-2-10)26(23,24)20-5-6-25-12-11(20)7-9(8-18-12)13(21)22/h7-8,10H,1-6H2,(H,21,22). The van der Waals surface area contributed by atoms with Crippen LogP contribution in [-0.2, 0) is 10.2 Å². The van der Waals surface area contributed by atoms with Gasteiger partial charge in [-0.2, -0.15) is 25.9 Å². The monoisotopic (exact) mass is 395 g/mol. The van der Waals surface area contributed by atoms with Crippen LogP contribution in [-0.4, -0.2) is 61.2 Å². The maximum atomic E-state index is 12.9. The number of alkyl halides is 3. The largest absolute Gasteiger partial charge is 0.478 e. The molecule has 3 rings (SSSR count). The minimum Gasteiger partial charge on any atom is -0.478 e. The molecule has 0 radical (unpaired) electrons. The molecule has 144 valence electrons. The van der Waals surface area contributed by atoms with Crippen LogP contribution < -0.4 is 9.04 Å². The van der Waals surface area contributed by atoms with Crippen molar-refractivity contribution in [3.8, 4) is 5.88 Å². The lowest BCUT2D eigenvalue weighted by Crippen LogP contribution is -2.50. The van der Waals surface area contributed by atoms with Gasteiger partial charge in [-0.3, -0.25) is 0 Å². The van der Waals surface area contributed by atoms with E-state index >= 15 is 0 Å². The van der Waals surface area contributed by atoms with E-state index in [2.05, 4.69) is 4.98 Å². The van der Waals surface area contributed by atoms with Crippen LogP contribution in [0.25, 0.3) is 0 Å². The molecule has 0 aromatic carbocycles. The molecule has 1 saturated heterocycles. The van der Waals surface area contributed by atoms with Gasteiger partial charge >= 0.3 is 22.4 Å². The number of aromatic nitrogens is 1. The molecule has 1 aromatic rings. The minimum atomic E-state index is -4.35. The summed E-state index contributed by atoms with van der Waals surface area (Å²) in [6.45, 7) is -0.597. The fraction of sp³-hybridized carbons (Fsp3) is 0.571. The molecule has 3 heterocycles. The second-order valence-corrected chi connectivity index (χ2v) is 7.85. The second-order valence-electron chi connectivity index (χ2n) is 6.00. The molecule has 2 aliphatic heterocycles. The first-order valence-corrected chi connectivity index (χ1v) is 9.21. The Balaban J connectivity index is 1.86. The van der Waals surface area contributed by atoms with E-state index in [1.165, 1.54) is 0 Å². The molecule has 0 amide bonds. The van der Waals surface area contributed by atoms with Crippen LogP contribution in [0.15, 0.2) is 12.3 Å². The van der Waals surface area contributed by atoms with Crippen molar-refractivity contribution in [2.75, 3.05) is 30.5 Å². The van der Waals surface area contributed by atoms with Crippen molar-refractivity contribution >= 4 is 21.9 Å². The lowest BCUT2D eigenvalue weighted by atomic mass is 9.98. The van der Waals surface area contributed by atoms with Crippen molar-refractivity contribution in [3.63, 3.8) is 0 Å². The van der Waals surface area contributed by atoms with Crippen molar-refractivity contribution in [2.45, 2.75) is 19.0 Å². The normalized spacial score (nSPS) is 19.7. The second kappa shape index (κ2) is 6.58. The van der Waals surface area contributed by atoms with Gasteiger partial charge in [0.25, 0.3) is 0 Å². The van der Waals surface area contributed by atoms with Crippen molar-refractivity contribution in [1.82, 2.24) is 9.29 Å². The van der Waals surface area contributed by atoms with Crippen LogP contribution in [0.1, 0.15) is 23.2 Å². The van der Waals surface area contributed by atoms with E-state index in [1.54, 1.807) is 0 Å². The van der Waals surface area contributed by atoms with Gasteiger partial charge < -0.3 is 9.84 Å². The van der Waals surface area contributed by atoms with Gasteiger partial charge in [0, 0.05) is 19.3 Å². The number of ether oxygens (including phenoxy) is 1. The molecular weight excluding hydrogens is 379 g/mol. The van der Waals surface area contributed by atoms with Gasteiger partial charge in [-0.05, 0) is 18.9 Å². The number of pyridine rings is 1. The number of carbonyl (C=O) groups is 1. The number of rotatable bonds is 3. The number of piperidine rings is 1. The molecule has 26 heavy (non-hydrogen) atoms. The van der Waals surface area contributed by atoms with Gasteiger partial charge in [0.05, 0.1) is 18.0 Å². The highest BCUT2D eigenvalue weighted by atomic mass is 32.2. The molecule has 8 nitrogen and oxygen atoms in total. The smallest absolute Gasteiger partial charge is 0.391 e. The minimum absolute atomic E-state index is 0.00463. The summed E-state index contributed by atoms with van der Waals surface area (Å²) < 4.78 is 71.3. The predicted octanol–water partition coefficient (Wildman–Crippen LogP) is 1.50. The average Bonchev–Trinajstić information content (AvgIpc) is 2.60. The Morgan fingerprint density at radius 1 is 1.27 bits per heavy atom. The molecular formula is C14H16F3N3O5S. The SMILES string of the molecule is O=C(O)c1cnc2c(c1)N(S(=O)(=O)N1CCC(C(F)(F)F)CC1)CCO2. The number of hydrogen-bond acceptors (Lipinski definition) is 5. The highest BCUT2D eigenvalue weighted by molar-refractivity contribution is 7.90. The Labute approximate surface area is 147 Å². The van der Waals surface area contributed by atoms with Gasteiger partial charge in [-0.15, -0.1) is 0 Å². The van der Waals surface area contributed by atoms with E-state index in [0.29, 0.717) is 0 Å². The first-order chi connectivity index (χ1) is 12.1. The summed E-state index contributed by atoms with van der Waals surface area (Å²) in [5, 5.41) is 9.06. The molecule has 0 unspecified atom stereocenters. The third-order valence-corrected chi connectivity index (χ3v) is 6.36. The molecule has 1 N–H and O–H groups in total. The first-order valence-electron chi connectivity index (χ1n) is 7.81. The summed E-state index contributed by atoms with van der Waals surface area (Å²) in [4.78, 5) is 14.9. The topological polar surface area (TPSA) is 100 Å². The fourth-order valence-corrected chi connectivity index (χ4v) is 4.62. The molecule has 0 aliphatic carbocycles. The fourth-order valence-electron chi connectivity index (χ4n) is 2.99. The van der Waals surface area contributed by atoms with Crippen LogP contribution >= 0.6 is 0 Å². The zero-order valence-electron chi connectivity index (χ0n) is 13.4. The van der Waals surface area contributed by atoms with E-state index in [-0.39, 0.29) is 56.2 Å². The summed E-state index contributed by atoms with van der Waals surface area (Å²) >= 11 is 0. The Kier molecular flexibility index (Phi) is 4.73. The number of hydrogen-bond donors (Lipinski definition) is 1. The summed E-state index contributed by atoms with van der Waals surface area (Å²) in [5.74, 6) is -2.84. The van der Waals surface area contributed by atoms with E-state index in [9.17, 15) is 26.4 Å². The third kappa shape index (κ3) is 3.43. The summed E-state index contributed by atoms with van der Waals surface area (Å²) in [5.41, 5.74) is -0.251. The average molecular weight is 395 g/mol. The van der Waals surface area contributed by atoms with Crippen molar-refractivity contribution in [3.05, 3.63) is 17.8 Å². The van der Waals surface area contributed by atoms with Crippen molar-refractivity contribution in [1.29, 1.82) is 0 Å². The van der Waals surface area contributed by atoms with Crippen LogP contribution in [0, 0.1) is 5.92 Å². The van der Waals surface area contributed by atoms with E-state index in [1.807, 2.05) is 0 Å². The molecule has 12 heteroatoms. The maximum absolute atomic E-state index is 12.9. The maximum Gasteiger partial charge on any atom is 0.391 e. The summed E-state index contributed by atoms with van der Waals surface area (Å²) in [6, 6.07) is 1.13. The highest BCUT2D eigenvalue weighted by Gasteiger charge is 2.44. The van der Waals surface area contributed by atoms with Gasteiger partial charge in [0.15, 0.2) is 0 Å². The van der Waals surface area contributed by atoms with Gasteiger partial charge in [-0.1, -0.05) is 0 Å². The number of carboxylic acids is 1. The number of fused-ring (bicyclic) bond motifs is 1. The number of halogens is 3. The number of carboxylic acid groups (broad SMARTS) is 1. The number of nitrogens with zero attached hydrogens (tertiary/aromatic N) is 3. The molecule has 0 bridgehead atoms. The van der Waals surface area contributed by atoms with Crippen LogP contribution in [0.5, 0.6) is 5.88 Å². The Morgan fingerprint density at radius 2 is 1.92 bits per heavy atom. The van der Waals surface area contributed by atoms with Crippen molar-refractivity contribution in [2.24, 2.45) is 5.92 Å². The molecule has 2 aliphatic rings. The van der Waals surface area contributed by atoms with E-state index in [0.717, 1.165) is 20.9 Å². The van der Waals surface area contributed by atoms with Crippen molar-refractivity contribution < 1.29 is 36.2 Å².